The Labute approximate surface area is 280 Å². The number of aromatic nitrogens is 4. The third-order valence-electron chi connectivity index (χ3n) is 6.06. The summed E-state index contributed by atoms with van der Waals surface area (Å²) in [5.41, 5.74) is 8.48. The van der Waals surface area contributed by atoms with Crippen LogP contribution in [-0.2, 0) is 43.2 Å². The van der Waals surface area contributed by atoms with Crippen molar-refractivity contribution in [1.29, 1.82) is 0 Å². The summed E-state index contributed by atoms with van der Waals surface area (Å²) in [6.45, 7) is 13.0. The van der Waals surface area contributed by atoms with E-state index < -0.39 is 14.5 Å². The molecule has 0 aliphatic carbocycles. The number of rotatable bonds is 11. The number of pyridine rings is 4. The van der Waals surface area contributed by atoms with Crippen LogP contribution in [0.4, 0.5) is 34.5 Å². The van der Waals surface area contributed by atoms with E-state index in [4.69, 9.17) is 19.9 Å². The summed E-state index contributed by atoms with van der Waals surface area (Å²) in [6.07, 6.45) is 0. The van der Waals surface area contributed by atoms with Gasteiger partial charge in [0.05, 0.1) is 22.8 Å². The molecule has 1 radical (unpaired) electrons. The Morgan fingerprint density at radius 3 is 0.787 bits per heavy atom. The Kier molecular flexibility index (Phi) is 17.8. The van der Waals surface area contributed by atoms with Crippen LogP contribution in [0.1, 0.15) is 45.6 Å². The van der Waals surface area contributed by atoms with Crippen LogP contribution < -0.4 is 0 Å². The molecule has 0 atom stereocenters. The molecule has 0 aliphatic rings. The van der Waals surface area contributed by atoms with Crippen molar-refractivity contribution >= 4 is 14.5 Å². The van der Waals surface area contributed by atoms with E-state index in [1.54, 1.807) is 0 Å². The van der Waals surface area contributed by atoms with Gasteiger partial charge in [-0.3, -0.25) is 29.7 Å². The monoisotopic (exact) mass is 717 g/mol. The summed E-state index contributed by atoms with van der Waals surface area (Å²) in [6, 6.07) is 24.9. The standard InChI is InChI=1S/C30H36N6.2BF4.Cu/c1-23-9-5-13-27(31-23)19-35(20-28-14-6-10-24(2)32-28)17-18-36(21-29-15-7-11-25(3)33-29)22-30-16-8-12-26(4)34-30;2*2-1(3,4)5;/h5-16H,17-22H2,1-4H3;;;/q;2*-1;+2. The molecular formula is C30H36B2CuF8N6. The SMILES string of the molecule is Cc1cccc(CN(CCN(Cc2cccc(C)n2)Cc2cccc(C)n2)Cc2cccc(C)n2)n1.F[B-](F)(F)F.F[B-](F)(F)F.[Cu+2]. The Morgan fingerprint density at radius 1 is 0.426 bits per heavy atom. The van der Waals surface area contributed by atoms with Gasteiger partial charge in [-0.1, -0.05) is 24.3 Å². The molecular weight excluding hydrogens is 682 g/mol. The normalized spacial score (nSPS) is 11.3. The Balaban J connectivity index is 0.000000878. The van der Waals surface area contributed by atoms with E-state index in [2.05, 4.69) is 58.3 Å². The van der Waals surface area contributed by atoms with Crippen LogP contribution in [0.2, 0.25) is 0 Å². The predicted molar refractivity (Wildman–Crippen MR) is 164 cm³/mol. The van der Waals surface area contributed by atoms with E-state index in [0.717, 1.165) is 84.8 Å². The number of hydrogen-bond donors (Lipinski definition) is 0. The molecule has 0 saturated carbocycles. The number of aryl methyl sites for hydroxylation is 4. The van der Waals surface area contributed by atoms with Gasteiger partial charge in [0.2, 0.25) is 0 Å². The number of nitrogens with zero attached hydrogens (tertiary/aromatic N) is 6. The second-order valence-electron chi connectivity index (χ2n) is 10.5. The molecule has 0 saturated heterocycles. The summed E-state index contributed by atoms with van der Waals surface area (Å²) in [4.78, 5) is 23.9. The van der Waals surface area contributed by atoms with Crippen LogP contribution in [-0.4, -0.2) is 57.3 Å². The summed E-state index contributed by atoms with van der Waals surface area (Å²) in [5, 5.41) is 0. The minimum absolute atomic E-state index is 0. The van der Waals surface area contributed by atoms with Gasteiger partial charge in [0.1, 0.15) is 0 Å². The third kappa shape index (κ3) is 21.2. The molecule has 0 bridgehead atoms. The molecule has 6 nitrogen and oxygen atoms in total. The maximum atomic E-state index is 9.75. The molecule has 0 amide bonds. The zero-order valence-electron chi connectivity index (χ0n) is 26.3. The Bertz CT molecular complexity index is 1280. The van der Waals surface area contributed by atoms with E-state index in [1.807, 2.05) is 52.0 Å². The molecule has 47 heavy (non-hydrogen) atoms. The number of halogens is 8. The van der Waals surface area contributed by atoms with Crippen LogP contribution in [0.15, 0.2) is 72.8 Å². The van der Waals surface area contributed by atoms with Gasteiger partial charge in [0.15, 0.2) is 0 Å². The Hall–Kier alpha value is -3.39. The average molecular weight is 718 g/mol. The van der Waals surface area contributed by atoms with Gasteiger partial charge in [0.25, 0.3) is 0 Å². The van der Waals surface area contributed by atoms with Crippen molar-refractivity contribution in [2.24, 2.45) is 0 Å². The van der Waals surface area contributed by atoms with Gasteiger partial charge in [-0.2, -0.15) is 0 Å². The second kappa shape index (κ2) is 20.1. The third-order valence-corrected chi connectivity index (χ3v) is 6.06. The molecule has 0 unspecified atom stereocenters. The molecule has 0 spiro atoms. The molecule has 17 heteroatoms. The van der Waals surface area contributed by atoms with Crippen molar-refractivity contribution in [3.63, 3.8) is 0 Å². The molecule has 0 aromatic carbocycles. The maximum absolute atomic E-state index is 9.75. The topological polar surface area (TPSA) is 58.0 Å². The van der Waals surface area contributed by atoms with Crippen LogP contribution in [0.5, 0.6) is 0 Å². The molecule has 4 rings (SSSR count). The quantitative estimate of drug-likeness (QED) is 0.117. The first-order chi connectivity index (χ1) is 21.4. The first-order valence-corrected chi connectivity index (χ1v) is 14.3. The van der Waals surface area contributed by atoms with Crippen LogP contribution in [0, 0.1) is 27.7 Å². The molecule has 0 N–H and O–H groups in total. The molecule has 4 aromatic rings. The fraction of sp³-hybridized carbons (Fsp3) is 0.333. The van der Waals surface area contributed by atoms with Crippen molar-refractivity contribution in [2.75, 3.05) is 13.1 Å². The van der Waals surface area contributed by atoms with E-state index in [1.165, 1.54) is 0 Å². The fourth-order valence-corrected chi connectivity index (χ4v) is 4.38. The minimum atomic E-state index is -6.00. The van der Waals surface area contributed by atoms with E-state index in [-0.39, 0.29) is 17.1 Å². The average Bonchev–Trinajstić information content (AvgIpc) is 2.90. The second-order valence-corrected chi connectivity index (χ2v) is 10.5. The first kappa shape index (κ1) is 41.6. The predicted octanol–water partition coefficient (Wildman–Crippen LogP) is 7.80. The van der Waals surface area contributed by atoms with Gasteiger partial charge in [-0.15, -0.1) is 0 Å². The van der Waals surface area contributed by atoms with Crippen molar-refractivity contribution in [2.45, 2.75) is 53.9 Å². The van der Waals surface area contributed by atoms with Gasteiger partial charge in [-0.25, -0.2) is 0 Å². The maximum Gasteiger partial charge on any atom is 2.00 e. The molecule has 4 heterocycles. The fourth-order valence-electron chi connectivity index (χ4n) is 4.38. The smallest absolute Gasteiger partial charge is 0.418 e. The van der Waals surface area contributed by atoms with Crippen molar-refractivity contribution < 1.29 is 51.6 Å². The summed E-state index contributed by atoms with van der Waals surface area (Å²) in [5.74, 6) is 0. The summed E-state index contributed by atoms with van der Waals surface area (Å²) >= 11 is 0. The summed E-state index contributed by atoms with van der Waals surface area (Å²) in [7, 11) is -12.0. The Morgan fingerprint density at radius 2 is 0.617 bits per heavy atom. The van der Waals surface area contributed by atoms with Crippen molar-refractivity contribution in [3.8, 4) is 0 Å². The summed E-state index contributed by atoms with van der Waals surface area (Å²) < 4.78 is 78.0. The first-order valence-electron chi connectivity index (χ1n) is 14.3. The zero-order chi connectivity index (χ0) is 34.3. The van der Waals surface area contributed by atoms with Crippen LogP contribution in [0.3, 0.4) is 0 Å². The van der Waals surface area contributed by atoms with E-state index in [9.17, 15) is 34.5 Å². The van der Waals surface area contributed by atoms with E-state index in [0.29, 0.717) is 0 Å². The molecule has 4 aromatic heterocycles. The molecule has 0 aliphatic heterocycles. The van der Waals surface area contributed by atoms with Gasteiger partial charge in [-0.05, 0) is 76.2 Å². The van der Waals surface area contributed by atoms with Crippen LogP contribution >= 0.6 is 0 Å². The van der Waals surface area contributed by atoms with Gasteiger partial charge < -0.3 is 34.5 Å². The van der Waals surface area contributed by atoms with Crippen molar-refractivity contribution in [1.82, 2.24) is 29.7 Å². The molecule has 259 valence electrons. The van der Waals surface area contributed by atoms with E-state index >= 15 is 0 Å². The largest absolute Gasteiger partial charge is 2.00 e. The zero-order valence-corrected chi connectivity index (χ0v) is 27.3. The van der Waals surface area contributed by atoms with Crippen molar-refractivity contribution in [3.05, 3.63) is 118 Å². The van der Waals surface area contributed by atoms with Gasteiger partial charge in [0, 0.05) is 62.0 Å². The minimum Gasteiger partial charge on any atom is -0.418 e. The number of hydrogen-bond acceptors (Lipinski definition) is 6. The van der Waals surface area contributed by atoms with Crippen LogP contribution in [0.25, 0.3) is 0 Å². The molecule has 0 fully saturated rings. The van der Waals surface area contributed by atoms with Gasteiger partial charge >= 0.3 is 31.6 Å².